The van der Waals surface area contributed by atoms with Crippen molar-refractivity contribution in [2.45, 2.75) is 12.8 Å². The van der Waals surface area contributed by atoms with Gasteiger partial charge in [0, 0.05) is 24.7 Å². The molecule has 7 nitrogen and oxygen atoms in total. The van der Waals surface area contributed by atoms with E-state index in [4.69, 9.17) is 4.74 Å². The van der Waals surface area contributed by atoms with Gasteiger partial charge in [0.25, 0.3) is 5.91 Å². The third kappa shape index (κ3) is 4.62. The van der Waals surface area contributed by atoms with E-state index in [-0.39, 0.29) is 23.5 Å². The predicted octanol–water partition coefficient (Wildman–Crippen LogP) is 3.96. The van der Waals surface area contributed by atoms with Crippen LogP contribution in [-0.4, -0.2) is 38.6 Å². The number of rotatable bonds is 5. The number of likely N-dealkylation sites (tertiary alicyclic amines) is 1. The molecule has 3 aromatic rings. The summed E-state index contributed by atoms with van der Waals surface area (Å²) in [6.07, 6.45) is 2.64. The number of benzene rings is 2. The van der Waals surface area contributed by atoms with Gasteiger partial charge >= 0.3 is 0 Å². The van der Waals surface area contributed by atoms with E-state index in [9.17, 15) is 14.0 Å². The van der Waals surface area contributed by atoms with Gasteiger partial charge in [-0.3, -0.25) is 9.59 Å². The molecular weight excluding hydrogens is 407 g/mol. The molecule has 2 heterocycles. The Morgan fingerprint density at radius 1 is 1.10 bits per heavy atom. The van der Waals surface area contributed by atoms with Gasteiger partial charge in [0.1, 0.15) is 5.75 Å². The predicted molar refractivity (Wildman–Crippen MR) is 110 cm³/mol. The summed E-state index contributed by atoms with van der Waals surface area (Å²) >= 11 is 1.00. The Labute approximate surface area is 176 Å². The van der Waals surface area contributed by atoms with E-state index in [1.807, 2.05) is 0 Å². The first-order valence-corrected chi connectivity index (χ1v) is 10.2. The maximum Gasteiger partial charge on any atom is 0.275 e. The number of amides is 2. The van der Waals surface area contributed by atoms with Crippen LogP contribution in [0.2, 0.25) is 0 Å². The van der Waals surface area contributed by atoms with E-state index in [1.54, 1.807) is 47.4 Å². The second kappa shape index (κ2) is 9.00. The fraction of sp³-hybridized carbons (Fsp3) is 0.238. The number of nitrogens with one attached hydrogen (secondary N) is 1. The van der Waals surface area contributed by atoms with Crippen molar-refractivity contribution in [3.63, 3.8) is 0 Å². The minimum atomic E-state index is -0.439. The van der Waals surface area contributed by atoms with Gasteiger partial charge in [0.15, 0.2) is 17.3 Å². The molecule has 0 aliphatic carbocycles. The van der Waals surface area contributed by atoms with Crippen LogP contribution in [0.3, 0.4) is 0 Å². The number of hydrogen-bond acceptors (Lipinski definition) is 6. The number of carbonyl (C=O) groups excluding carboxylic acids is 2. The van der Waals surface area contributed by atoms with E-state index >= 15 is 0 Å². The number of carbonyl (C=O) groups is 2. The highest BCUT2D eigenvalue weighted by molar-refractivity contribution is 6.99. The maximum atomic E-state index is 13.7. The zero-order valence-electron chi connectivity index (χ0n) is 16.0. The van der Waals surface area contributed by atoms with Gasteiger partial charge in [-0.15, -0.1) is 0 Å². The van der Waals surface area contributed by atoms with Crippen LogP contribution in [0.5, 0.6) is 11.5 Å². The second-order valence-corrected chi connectivity index (χ2v) is 7.46. The largest absolute Gasteiger partial charge is 0.454 e. The molecule has 0 radical (unpaired) electrons. The first-order valence-electron chi connectivity index (χ1n) is 9.50. The molecule has 1 aromatic heterocycles. The van der Waals surface area contributed by atoms with Crippen LogP contribution >= 0.6 is 11.7 Å². The summed E-state index contributed by atoms with van der Waals surface area (Å²) in [4.78, 5) is 26.6. The minimum absolute atomic E-state index is 0.0832. The summed E-state index contributed by atoms with van der Waals surface area (Å²) in [5, 5.41) is 2.89. The van der Waals surface area contributed by atoms with Gasteiger partial charge in [0.2, 0.25) is 5.91 Å². The lowest BCUT2D eigenvalue weighted by Gasteiger charge is -2.30. The summed E-state index contributed by atoms with van der Waals surface area (Å²) in [7, 11) is 0. The van der Waals surface area contributed by atoms with Crippen LogP contribution in [0.1, 0.15) is 23.3 Å². The van der Waals surface area contributed by atoms with E-state index in [2.05, 4.69) is 14.1 Å². The molecule has 0 saturated carbocycles. The van der Waals surface area contributed by atoms with Crippen LogP contribution in [0.15, 0.2) is 54.7 Å². The van der Waals surface area contributed by atoms with Crippen molar-refractivity contribution in [3.8, 4) is 11.5 Å². The lowest BCUT2D eigenvalue weighted by molar-refractivity contribution is -0.121. The average Bonchev–Trinajstić information content (AvgIpc) is 3.31. The molecule has 1 saturated heterocycles. The highest BCUT2D eigenvalue weighted by Gasteiger charge is 2.28. The van der Waals surface area contributed by atoms with Crippen molar-refractivity contribution in [1.29, 1.82) is 0 Å². The molecule has 2 aromatic carbocycles. The number of nitrogens with zero attached hydrogens (tertiary/aromatic N) is 3. The Kier molecular flexibility index (Phi) is 5.99. The number of ether oxygens (including phenoxy) is 1. The normalized spacial score (nSPS) is 14.4. The summed E-state index contributed by atoms with van der Waals surface area (Å²) < 4.78 is 27.0. The molecule has 1 fully saturated rings. The third-order valence-corrected chi connectivity index (χ3v) is 5.40. The van der Waals surface area contributed by atoms with Gasteiger partial charge in [-0.1, -0.05) is 12.1 Å². The highest BCUT2D eigenvalue weighted by atomic mass is 32.1. The van der Waals surface area contributed by atoms with Crippen molar-refractivity contribution in [3.05, 3.63) is 66.2 Å². The molecule has 2 amide bonds. The van der Waals surface area contributed by atoms with Crippen LogP contribution in [0, 0.1) is 11.7 Å². The second-order valence-electron chi connectivity index (χ2n) is 6.91. The maximum absolute atomic E-state index is 13.7. The fourth-order valence-corrected chi connectivity index (χ4v) is 3.68. The van der Waals surface area contributed by atoms with Crippen molar-refractivity contribution < 1.29 is 18.7 Å². The Morgan fingerprint density at radius 2 is 1.83 bits per heavy atom. The summed E-state index contributed by atoms with van der Waals surface area (Å²) in [5.41, 5.74) is 0.980. The molecule has 1 aliphatic heterocycles. The molecule has 1 N–H and O–H groups in total. The van der Waals surface area contributed by atoms with E-state index in [1.165, 1.54) is 12.3 Å². The van der Waals surface area contributed by atoms with E-state index < -0.39 is 5.82 Å². The lowest BCUT2D eigenvalue weighted by atomic mass is 9.95. The van der Waals surface area contributed by atoms with Gasteiger partial charge in [-0.25, -0.2) is 4.39 Å². The molecular formula is C21H19FN4O3S. The first kappa shape index (κ1) is 20.0. The molecule has 9 heteroatoms. The van der Waals surface area contributed by atoms with Gasteiger partial charge in [-0.05, 0) is 49.2 Å². The molecule has 0 atom stereocenters. The molecule has 0 spiro atoms. The number of halogens is 1. The molecule has 0 unspecified atom stereocenters. The Morgan fingerprint density at radius 3 is 2.50 bits per heavy atom. The van der Waals surface area contributed by atoms with Crippen molar-refractivity contribution in [2.24, 2.45) is 5.92 Å². The fourth-order valence-electron chi connectivity index (χ4n) is 3.27. The molecule has 4 rings (SSSR count). The number of para-hydroxylation sites is 1. The molecule has 30 heavy (non-hydrogen) atoms. The zero-order valence-corrected chi connectivity index (χ0v) is 16.8. The standard InChI is InChI=1S/C21H19FN4O3S/c22-17-3-1-2-4-19(17)29-16-7-5-15(6-8-16)24-20(27)14-9-11-26(12-10-14)21(28)18-13-23-30-25-18/h1-8,13-14H,9-12H2,(H,24,27). The van der Waals surface area contributed by atoms with Crippen LogP contribution in [-0.2, 0) is 4.79 Å². The number of piperidine rings is 1. The third-order valence-electron chi connectivity index (χ3n) is 4.92. The topological polar surface area (TPSA) is 84.4 Å². The SMILES string of the molecule is O=C(Nc1ccc(Oc2ccccc2F)cc1)C1CCN(C(=O)c2cnsn2)CC1. The van der Waals surface area contributed by atoms with Crippen LogP contribution in [0.4, 0.5) is 10.1 Å². The van der Waals surface area contributed by atoms with Crippen molar-refractivity contribution in [1.82, 2.24) is 13.6 Å². The summed E-state index contributed by atoms with van der Waals surface area (Å²) in [6, 6.07) is 12.9. The Bertz CT molecular complexity index is 1020. The minimum Gasteiger partial charge on any atom is -0.454 e. The Balaban J connectivity index is 1.29. The highest BCUT2D eigenvalue weighted by Crippen LogP contribution is 2.26. The van der Waals surface area contributed by atoms with Crippen LogP contribution in [0.25, 0.3) is 0 Å². The van der Waals surface area contributed by atoms with E-state index in [0.717, 1.165) is 11.7 Å². The monoisotopic (exact) mass is 426 g/mol. The van der Waals surface area contributed by atoms with Crippen LogP contribution < -0.4 is 10.1 Å². The molecule has 0 bridgehead atoms. The number of hydrogen-bond donors (Lipinski definition) is 1. The van der Waals surface area contributed by atoms with Gasteiger partial charge in [0.05, 0.1) is 17.9 Å². The lowest BCUT2D eigenvalue weighted by Crippen LogP contribution is -2.41. The smallest absolute Gasteiger partial charge is 0.275 e. The van der Waals surface area contributed by atoms with Crippen molar-refractivity contribution >= 4 is 29.2 Å². The summed E-state index contributed by atoms with van der Waals surface area (Å²) in [5.74, 6) is -0.221. The van der Waals surface area contributed by atoms with E-state index in [0.29, 0.717) is 43.1 Å². The van der Waals surface area contributed by atoms with Crippen molar-refractivity contribution in [2.75, 3.05) is 18.4 Å². The molecule has 1 aliphatic rings. The first-order chi connectivity index (χ1) is 14.6. The zero-order chi connectivity index (χ0) is 20.9. The number of anilines is 1. The van der Waals surface area contributed by atoms with Gasteiger partial charge < -0.3 is 15.0 Å². The average molecular weight is 426 g/mol. The summed E-state index contributed by atoms with van der Waals surface area (Å²) in [6.45, 7) is 1.01. The molecule has 154 valence electrons. The number of aromatic nitrogens is 2. The van der Waals surface area contributed by atoms with Gasteiger partial charge in [-0.2, -0.15) is 8.75 Å². The quantitative estimate of drug-likeness (QED) is 0.668. The Hall–Kier alpha value is -3.33.